The van der Waals surface area contributed by atoms with Crippen LogP contribution in [0.15, 0.2) is 9.27 Å². The van der Waals surface area contributed by atoms with Gasteiger partial charge in [-0.25, -0.2) is 4.79 Å². The molecule has 1 aromatic rings. The molecule has 108 valence electrons. The minimum Gasteiger partial charge on any atom is -0.295 e. The van der Waals surface area contributed by atoms with Crippen molar-refractivity contribution >= 4 is 15.9 Å². The van der Waals surface area contributed by atoms with Gasteiger partial charge in [-0.3, -0.25) is 4.57 Å². The molecule has 0 aromatic carbocycles. The second-order valence-corrected chi connectivity index (χ2v) is 5.95. The van der Waals surface area contributed by atoms with Crippen LogP contribution in [-0.2, 0) is 6.54 Å². The Labute approximate surface area is 124 Å². The number of hydrogen-bond donors (Lipinski definition) is 0. The molecule has 0 radical (unpaired) electrons. The Balaban J connectivity index is 2.42. The molecule has 0 atom stereocenters. The highest BCUT2D eigenvalue weighted by molar-refractivity contribution is 9.10. The van der Waals surface area contributed by atoms with Gasteiger partial charge in [-0.05, 0) is 36.2 Å². The molecule has 0 amide bonds. The molecule has 0 aliphatic carbocycles. The third kappa shape index (κ3) is 5.09. The van der Waals surface area contributed by atoms with E-state index in [1.165, 1.54) is 38.5 Å². The lowest BCUT2D eigenvalue weighted by molar-refractivity contribution is 0.529. The van der Waals surface area contributed by atoms with E-state index in [0.717, 1.165) is 28.8 Å². The minimum atomic E-state index is -0.121. The molecule has 1 heterocycles. The summed E-state index contributed by atoms with van der Waals surface area (Å²) in [5.41, 5.74) is 1.64. The zero-order valence-electron chi connectivity index (χ0n) is 12.3. The van der Waals surface area contributed by atoms with E-state index in [9.17, 15) is 4.79 Å². The van der Waals surface area contributed by atoms with Crippen LogP contribution in [0.25, 0.3) is 0 Å². The Kier molecular flexibility index (Phi) is 7.36. The number of hydrogen-bond acceptors (Lipinski definition) is 2. The zero-order valence-corrected chi connectivity index (χ0v) is 13.9. The molecule has 0 saturated heterocycles. The molecule has 1 aromatic heterocycles. The molecule has 3 nitrogen and oxygen atoms in total. The number of rotatable bonds is 8. The first-order valence-electron chi connectivity index (χ1n) is 7.31. The van der Waals surface area contributed by atoms with Crippen molar-refractivity contribution in [3.8, 4) is 0 Å². The van der Waals surface area contributed by atoms with Gasteiger partial charge in [0.1, 0.15) is 0 Å². The molecule has 0 aliphatic rings. The van der Waals surface area contributed by atoms with Crippen LogP contribution in [0.1, 0.15) is 63.3 Å². The summed E-state index contributed by atoms with van der Waals surface area (Å²) < 4.78 is 2.73. The van der Waals surface area contributed by atoms with Crippen molar-refractivity contribution in [2.75, 3.05) is 0 Å². The zero-order chi connectivity index (χ0) is 14.3. The lowest BCUT2D eigenvalue weighted by Gasteiger charge is -2.11. The lowest BCUT2D eigenvalue weighted by Crippen LogP contribution is -2.26. The molecule has 4 heteroatoms. The molecule has 0 N–H and O–H groups in total. The standard InChI is InChI=1S/C15H25BrN2O/c1-4-5-6-7-8-9-10-11-18-13(3)14(16)12(2)17-15(18)19/h4-11H2,1-3H3. The maximum absolute atomic E-state index is 11.8. The smallest absolute Gasteiger partial charge is 0.295 e. The van der Waals surface area contributed by atoms with E-state index in [2.05, 4.69) is 27.8 Å². The first kappa shape index (κ1) is 16.4. The average molecular weight is 329 g/mol. The quantitative estimate of drug-likeness (QED) is 0.664. The van der Waals surface area contributed by atoms with Gasteiger partial charge in [0, 0.05) is 12.2 Å². The largest absolute Gasteiger partial charge is 0.348 e. The molecule has 0 saturated carbocycles. The van der Waals surface area contributed by atoms with Gasteiger partial charge >= 0.3 is 5.69 Å². The van der Waals surface area contributed by atoms with Gasteiger partial charge in [0.05, 0.1) is 10.2 Å². The summed E-state index contributed by atoms with van der Waals surface area (Å²) in [4.78, 5) is 15.9. The second-order valence-electron chi connectivity index (χ2n) is 5.15. The van der Waals surface area contributed by atoms with Crippen LogP contribution in [0.5, 0.6) is 0 Å². The summed E-state index contributed by atoms with van der Waals surface area (Å²) in [7, 11) is 0. The Morgan fingerprint density at radius 2 is 1.63 bits per heavy atom. The molecular formula is C15H25BrN2O. The summed E-state index contributed by atoms with van der Waals surface area (Å²) in [6.07, 6.45) is 8.81. The predicted molar refractivity (Wildman–Crippen MR) is 83.7 cm³/mol. The number of aryl methyl sites for hydroxylation is 1. The van der Waals surface area contributed by atoms with E-state index in [4.69, 9.17) is 0 Å². The fraction of sp³-hybridized carbons (Fsp3) is 0.733. The van der Waals surface area contributed by atoms with E-state index in [-0.39, 0.29) is 5.69 Å². The third-order valence-electron chi connectivity index (χ3n) is 3.52. The van der Waals surface area contributed by atoms with Crippen molar-refractivity contribution in [2.24, 2.45) is 0 Å². The minimum absolute atomic E-state index is 0.121. The molecule has 0 bridgehead atoms. The highest BCUT2D eigenvalue weighted by atomic mass is 79.9. The monoisotopic (exact) mass is 328 g/mol. The highest BCUT2D eigenvalue weighted by Crippen LogP contribution is 2.17. The Bertz CT molecular complexity index is 454. The van der Waals surface area contributed by atoms with Crippen molar-refractivity contribution in [3.05, 3.63) is 26.3 Å². The maximum Gasteiger partial charge on any atom is 0.348 e. The van der Waals surface area contributed by atoms with E-state index in [1.807, 2.05) is 13.8 Å². The van der Waals surface area contributed by atoms with Gasteiger partial charge in [-0.2, -0.15) is 4.98 Å². The number of aromatic nitrogens is 2. The summed E-state index contributed by atoms with van der Waals surface area (Å²) in [5, 5.41) is 0. The molecular weight excluding hydrogens is 304 g/mol. The van der Waals surface area contributed by atoms with Gasteiger partial charge in [-0.15, -0.1) is 0 Å². The maximum atomic E-state index is 11.8. The average Bonchev–Trinajstić information content (AvgIpc) is 2.38. The van der Waals surface area contributed by atoms with Gasteiger partial charge < -0.3 is 0 Å². The first-order valence-corrected chi connectivity index (χ1v) is 8.10. The summed E-state index contributed by atoms with van der Waals surface area (Å²) in [6.45, 7) is 6.85. The Morgan fingerprint density at radius 1 is 1.05 bits per heavy atom. The van der Waals surface area contributed by atoms with Gasteiger partial charge in [0.2, 0.25) is 0 Å². The van der Waals surface area contributed by atoms with Crippen molar-refractivity contribution in [1.82, 2.24) is 9.55 Å². The number of unbranched alkanes of at least 4 members (excludes halogenated alkanes) is 6. The van der Waals surface area contributed by atoms with E-state index in [0.29, 0.717) is 0 Å². The summed E-state index contributed by atoms with van der Waals surface area (Å²) in [6, 6.07) is 0. The molecule has 0 aliphatic heterocycles. The van der Waals surface area contributed by atoms with Crippen LogP contribution in [0.2, 0.25) is 0 Å². The van der Waals surface area contributed by atoms with Crippen LogP contribution >= 0.6 is 15.9 Å². The van der Waals surface area contributed by atoms with Gasteiger partial charge in [0.25, 0.3) is 0 Å². The Morgan fingerprint density at radius 3 is 2.26 bits per heavy atom. The molecule has 0 unspecified atom stereocenters. The second kappa shape index (κ2) is 8.51. The van der Waals surface area contributed by atoms with Crippen molar-refractivity contribution < 1.29 is 0 Å². The normalized spacial score (nSPS) is 10.9. The summed E-state index contributed by atoms with van der Waals surface area (Å²) in [5.74, 6) is 0. The van der Waals surface area contributed by atoms with Crippen LogP contribution in [0, 0.1) is 13.8 Å². The van der Waals surface area contributed by atoms with Gasteiger partial charge in [0.15, 0.2) is 0 Å². The Hall–Kier alpha value is -0.640. The van der Waals surface area contributed by atoms with Crippen LogP contribution in [0.3, 0.4) is 0 Å². The predicted octanol–water partition coefficient (Wildman–Crippen LogP) is 4.37. The van der Waals surface area contributed by atoms with Crippen LogP contribution < -0.4 is 5.69 Å². The first-order chi connectivity index (χ1) is 9.07. The molecule has 0 fully saturated rings. The molecule has 19 heavy (non-hydrogen) atoms. The molecule has 1 rings (SSSR count). The topological polar surface area (TPSA) is 34.9 Å². The van der Waals surface area contributed by atoms with E-state index < -0.39 is 0 Å². The van der Waals surface area contributed by atoms with Crippen molar-refractivity contribution in [3.63, 3.8) is 0 Å². The fourth-order valence-electron chi connectivity index (χ4n) is 2.27. The highest BCUT2D eigenvalue weighted by Gasteiger charge is 2.08. The number of nitrogens with zero attached hydrogens (tertiary/aromatic N) is 2. The lowest BCUT2D eigenvalue weighted by atomic mass is 10.1. The van der Waals surface area contributed by atoms with Gasteiger partial charge in [-0.1, -0.05) is 45.4 Å². The molecule has 0 spiro atoms. The SMILES string of the molecule is CCCCCCCCCn1c(C)c(Br)c(C)nc1=O. The van der Waals surface area contributed by atoms with E-state index >= 15 is 0 Å². The summed E-state index contributed by atoms with van der Waals surface area (Å²) >= 11 is 3.49. The van der Waals surface area contributed by atoms with Crippen LogP contribution in [0.4, 0.5) is 0 Å². The fourth-order valence-corrected chi connectivity index (χ4v) is 2.57. The van der Waals surface area contributed by atoms with E-state index in [1.54, 1.807) is 4.57 Å². The van der Waals surface area contributed by atoms with Crippen molar-refractivity contribution in [1.29, 1.82) is 0 Å². The van der Waals surface area contributed by atoms with Crippen molar-refractivity contribution in [2.45, 2.75) is 72.3 Å². The third-order valence-corrected chi connectivity index (χ3v) is 4.67. The van der Waals surface area contributed by atoms with Crippen LogP contribution in [-0.4, -0.2) is 9.55 Å². The number of halogens is 1.